The first-order valence-corrected chi connectivity index (χ1v) is 8.10. The molecule has 1 aromatic heterocycles. The van der Waals surface area contributed by atoms with Gasteiger partial charge in [0.2, 0.25) is 0 Å². The normalized spacial score (nSPS) is 12.8. The van der Waals surface area contributed by atoms with E-state index in [4.69, 9.17) is 10.5 Å². The molecule has 1 aromatic carbocycles. The molecule has 0 spiro atoms. The number of hydrogen-bond donors (Lipinski definition) is 1. The van der Waals surface area contributed by atoms with Crippen molar-refractivity contribution in [3.05, 3.63) is 29.5 Å². The van der Waals surface area contributed by atoms with E-state index >= 15 is 0 Å². The molecule has 21 heavy (non-hydrogen) atoms. The van der Waals surface area contributed by atoms with Crippen LogP contribution in [0.5, 0.6) is 5.75 Å². The molecule has 3 heteroatoms. The number of benzene rings is 1. The average Bonchev–Trinajstić information content (AvgIpc) is 2.75. The van der Waals surface area contributed by atoms with E-state index in [1.54, 1.807) is 0 Å². The van der Waals surface area contributed by atoms with Gasteiger partial charge < -0.3 is 15.0 Å². The predicted octanol–water partition coefficient (Wildman–Crippen LogP) is 4.39. The van der Waals surface area contributed by atoms with Crippen LogP contribution in [0.3, 0.4) is 0 Å². The van der Waals surface area contributed by atoms with Crippen LogP contribution in [0.25, 0.3) is 10.9 Å². The smallest absolute Gasteiger partial charge is 0.120 e. The van der Waals surface area contributed by atoms with Gasteiger partial charge in [0.25, 0.3) is 0 Å². The number of unbranched alkanes of at least 4 members (excludes halogenated alkanes) is 1. The molecule has 0 saturated heterocycles. The van der Waals surface area contributed by atoms with Gasteiger partial charge in [-0.15, -0.1) is 0 Å². The van der Waals surface area contributed by atoms with Gasteiger partial charge in [-0.1, -0.05) is 20.3 Å². The van der Waals surface area contributed by atoms with Gasteiger partial charge in [-0.05, 0) is 50.5 Å². The van der Waals surface area contributed by atoms with Crippen molar-refractivity contribution in [3.63, 3.8) is 0 Å². The Kier molecular flexibility index (Phi) is 5.29. The number of aromatic nitrogens is 1. The largest absolute Gasteiger partial charge is 0.491 e. The topological polar surface area (TPSA) is 40.2 Å². The molecule has 3 nitrogen and oxygen atoms in total. The summed E-state index contributed by atoms with van der Waals surface area (Å²) in [6.45, 7) is 10.3. The maximum atomic E-state index is 5.98. The summed E-state index contributed by atoms with van der Waals surface area (Å²) in [5.74, 6) is 0.944. The molecule has 0 aliphatic rings. The van der Waals surface area contributed by atoms with Crippen molar-refractivity contribution in [2.24, 2.45) is 5.73 Å². The Bertz CT molecular complexity index is 601. The lowest BCUT2D eigenvalue weighted by Crippen LogP contribution is -2.09. The summed E-state index contributed by atoms with van der Waals surface area (Å²) >= 11 is 0. The Balaban J connectivity index is 2.45. The first-order chi connectivity index (χ1) is 10.1. The van der Waals surface area contributed by atoms with Crippen molar-refractivity contribution in [1.29, 1.82) is 0 Å². The third kappa shape index (κ3) is 3.24. The van der Waals surface area contributed by atoms with Crippen LogP contribution >= 0.6 is 0 Å². The van der Waals surface area contributed by atoms with Crippen molar-refractivity contribution >= 4 is 10.9 Å². The number of aryl methyl sites for hydroxylation is 1. The molecule has 2 aromatic rings. The summed E-state index contributed by atoms with van der Waals surface area (Å²) in [6, 6.07) is 6.41. The minimum atomic E-state index is 0.243. The SMILES string of the molecule is CCCCn1c(C)c(CN)c2cc(O[C@H](C)CC)ccc21. The first kappa shape index (κ1) is 15.9. The Morgan fingerprint density at radius 3 is 2.67 bits per heavy atom. The lowest BCUT2D eigenvalue weighted by Gasteiger charge is -2.13. The summed E-state index contributed by atoms with van der Waals surface area (Å²) in [5, 5.41) is 1.24. The van der Waals surface area contributed by atoms with Crippen molar-refractivity contribution < 1.29 is 4.74 Å². The van der Waals surface area contributed by atoms with Gasteiger partial charge in [-0.3, -0.25) is 0 Å². The molecule has 0 fully saturated rings. The molecule has 2 rings (SSSR count). The molecule has 0 radical (unpaired) electrons. The van der Waals surface area contributed by atoms with Gasteiger partial charge in [-0.2, -0.15) is 0 Å². The Morgan fingerprint density at radius 1 is 1.29 bits per heavy atom. The van der Waals surface area contributed by atoms with E-state index < -0.39 is 0 Å². The molecular formula is C18H28N2O. The van der Waals surface area contributed by atoms with Crippen LogP contribution in [0.4, 0.5) is 0 Å². The minimum absolute atomic E-state index is 0.243. The Labute approximate surface area is 128 Å². The van der Waals surface area contributed by atoms with Crippen LogP contribution in [0, 0.1) is 6.92 Å². The van der Waals surface area contributed by atoms with Gasteiger partial charge in [0.1, 0.15) is 5.75 Å². The number of rotatable bonds is 7. The summed E-state index contributed by atoms with van der Waals surface area (Å²) in [4.78, 5) is 0. The fourth-order valence-electron chi connectivity index (χ4n) is 2.78. The average molecular weight is 288 g/mol. The van der Waals surface area contributed by atoms with Crippen LogP contribution in [0.15, 0.2) is 18.2 Å². The molecule has 0 saturated carbocycles. The van der Waals surface area contributed by atoms with Gasteiger partial charge >= 0.3 is 0 Å². The maximum absolute atomic E-state index is 5.98. The second kappa shape index (κ2) is 6.99. The molecule has 0 bridgehead atoms. The summed E-state index contributed by atoms with van der Waals surface area (Å²) in [7, 11) is 0. The lowest BCUT2D eigenvalue weighted by atomic mass is 10.1. The van der Waals surface area contributed by atoms with E-state index in [9.17, 15) is 0 Å². The van der Waals surface area contributed by atoms with Crippen LogP contribution in [-0.4, -0.2) is 10.7 Å². The van der Waals surface area contributed by atoms with Crippen molar-refractivity contribution in [2.45, 2.75) is 66.2 Å². The van der Waals surface area contributed by atoms with Crippen molar-refractivity contribution in [2.75, 3.05) is 0 Å². The fraction of sp³-hybridized carbons (Fsp3) is 0.556. The number of ether oxygens (including phenoxy) is 1. The lowest BCUT2D eigenvalue weighted by molar-refractivity contribution is 0.217. The van der Waals surface area contributed by atoms with Gasteiger partial charge in [0.15, 0.2) is 0 Å². The highest BCUT2D eigenvalue weighted by Gasteiger charge is 2.14. The molecule has 1 atom stereocenters. The third-order valence-electron chi connectivity index (χ3n) is 4.28. The number of hydrogen-bond acceptors (Lipinski definition) is 2. The number of nitrogens with two attached hydrogens (primary N) is 1. The van der Waals surface area contributed by atoms with Crippen molar-refractivity contribution in [3.8, 4) is 5.75 Å². The van der Waals surface area contributed by atoms with Crippen LogP contribution in [-0.2, 0) is 13.1 Å². The van der Waals surface area contributed by atoms with Gasteiger partial charge in [0, 0.05) is 29.7 Å². The number of nitrogens with zero attached hydrogens (tertiary/aromatic N) is 1. The molecule has 2 N–H and O–H groups in total. The van der Waals surface area contributed by atoms with Crippen LogP contribution in [0.2, 0.25) is 0 Å². The third-order valence-corrected chi connectivity index (χ3v) is 4.28. The molecule has 116 valence electrons. The highest BCUT2D eigenvalue weighted by atomic mass is 16.5. The zero-order valence-electron chi connectivity index (χ0n) is 13.8. The first-order valence-electron chi connectivity index (χ1n) is 8.10. The quantitative estimate of drug-likeness (QED) is 0.821. The standard InChI is InChI=1S/C18H28N2O/c1-5-7-10-20-14(4)17(12-19)16-11-15(8-9-18(16)20)21-13(3)6-2/h8-9,11,13H,5-7,10,12,19H2,1-4H3/t13-/m1/s1. The highest BCUT2D eigenvalue weighted by Crippen LogP contribution is 2.30. The van der Waals surface area contributed by atoms with Crippen LogP contribution < -0.4 is 10.5 Å². The van der Waals surface area contributed by atoms with Gasteiger partial charge in [0.05, 0.1) is 6.10 Å². The fourth-order valence-corrected chi connectivity index (χ4v) is 2.78. The second-order valence-corrected chi connectivity index (χ2v) is 5.79. The second-order valence-electron chi connectivity index (χ2n) is 5.79. The van der Waals surface area contributed by atoms with E-state index in [1.165, 1.54) is 35.0 Å². The summed E-state index contributed by atoms with van der Waals surface area (Å²) in [6.07, 6.45) is 3.65. The van der Waals surface area contributed by atoms with E-state index in [0.717, 1.165) is 18.7 Å². The summed E-state index contributed by atoms with van der Waals surface area (Å²) < 4.78 is 8.35. The van der Waals surface area contributed by atoms with E-state index in [2.05, 4.69) is 50.5 Å². The monoisotopic (exact) mass is 288 g/mol. The molecule has 0 aliphatic carbocycles. The maximum Gasteiger partial charge on any atom is 0.120 e. The molecule has 1 heterocycles. The molecular weight excluding hydrogens is 260 g/mol. The molecule has 0 unspecified atom stereocenters. The number of fused-ring (bicyclic) bond motifs is 1. The van der Waals surface area contributed by atoms with E-state index in [0.29, 0.717) is 6.54 Å². The van der Waals surface area contributed by atoms with E-state index in [-0.39, 0.29) is 6.10 Å². The van der Waals surface area contributed by atoms with E-state index in [1.807, 2.05) is 0 Å². The minimum Gasteiger partial charge on any atom is -0.491 e. The van der Waals surface area contributed by atoms with Gasteiger partial charge in [-0.25, -0.2) is 0 Å². The zero-order chi connectivity index (χ0) is 15.4. The predicted molar refractivity (Wildman–Crippen MR) is 89.9 cm³/mol. The van der Waals surface area contributed by atoms with Crippen LogP contribution in [0.1, 0.15) is 51.3 Å². The summed E-state index contributed by atoms with van der Waals surface area (Å²) in [5.41, 5.74) is 9.80. The highest BCUT2D eigenvalue weighted by molar-refractivity contribution is 5.87. The molecule has 0 amide bonds. The molecule has 0 aliphatic heterocycles. The Hall–Kier alpha value is -1.48. The Morgan fingerprint density at radius 2 is 2.05 bits per heavy atom. The van der Waals surface area contributed by atoms with Crippen molar-refractivity contribution in [1.82, 2.24) is 4.57 Å². The zero-order valence-corrected chi connectivity index (χ0v) is 13.8.